The largest absolute Gasteiger partial charge is 0.444 e. The summed E-state index contributed by atoms with van der Waals surface area (Å²) >= 11 is 6.14. The Morgan fingerprint density at radius 1 is 1.27 bits per heavy atom. The van der Waals surface area contributed by atoms with Gasteiger partial charge in [-0.15, -0.1) is 0 Å². The Morgan fingerprint density at radius 3 is 2.59 bits per heavy atom. The third kappa shape index (κ3) is 5.09. The van der Waals surface area contributed by atoms with E-state index in [2.05, 4.69) is 10.6 Å². The number of aryl methyl sites for hydroxylation is 1. The number of nitrogens with one attached hydrogen (secondary N) is 2. The number of hydrogen-bond donors (Lipinski definition) is 2. The molecule has 1 amide bonds. The van der Waals surface area contributed by atoms with Crippen LogP contribution in [0.25, 0.3) is 0 Å². The molecular weight excluding hydrogens is 300 g/mol. The third-order valence-corrected chi connectivity index (χ3v) is 4.10. The van der Waals surface area contributed by atoms with Gasteiger partial charge in [0, 0.05) is 22.8 Å². The molecule has 0 spiro atoms. The molecule has 1 saturated carbocycles. The molecule has 2 rings (SSSR count). The Morgan fingerprint density at radius 2 is 1.95 bits per heavy atom. The zero-order valence-electron chi connectivity index (χ0n) is 13.7. The molecule has 2 unspecified atom stereocenters. The highest BCUT2D eigenvalue weighted by Crippen LogP contribution is 2.26. The molecule has 0 bridgehead atoms. The molecule has 1 aromatic rings. The molecule has 0 heterocycles. The molecule has 4 nitrogen and oxygen atoms in total. The maximum atomic E-state index is 11.8. The van der Waals surface area contributed by atoms with Crippen molar-refractivity contribution in [3.05, 3.63) is 28.8 Å². The summed E-state index contributed by atoms with van der Waals surface area (Å²) in [6.07, 6.45) is 2.53. The maximum absolute atomic E-state index is 11.8. The van der Waals surface area contributed by atoms with Gasteiger partial charge in [-0.05, 0) is 64.7 Å². The van der Waals surface area contributed by atoms with Crippen LogP contribution in [0.3, 0.4) is 0 Å². The summed E-state index contributed by atoms with van der Waals surface area (Å²) in [6.45, 7) is 7.59. The van der Waals surface area contributed by atoms with E-state index in [1.165, 1.54) is 0 Å². The first kappa shape index (κ1) is 16.9. The number of halogens is 1. The van der Waals surface area contributed by atoms with Crippen molar-refractivity contribution in [3.8, 4) is 0 Å². The molecule has 122 valence electrons. The summed E-state index contributed by atoms with van der Waals surface area (Å²) < 4.78 is 5.29. The van der Waals surface area contributed by atoms with Gasteiger partial charge in [0.25, 0.3) is 0 Å². The number of carbonyl (C=O) groups excluding carboxylic acids is 1. The van der Waals surface area contributed by atoms with Crippen LogP contribution < -0.4 is 10.6 Å². The molecule has 0 saturated heterocycles. The van der Waals surface area contributed by atoms with Crippen molar-refractivity contribution >= 4 is 23.4 Å². The van der Waals surface area contributed by atoms with Gasteiger partial charge in [0.2, 0.25) is 0 Å². The second kappa shape index (κ2) is 6.78. The van der Waals surface area contributed by atoms with E-state index in [0.717, 1.165) is 35.5 Å². The molecule has 0 radical (unpaired) electrons. The van der Waals surface area contributed by atoms with Crippen LogP contribution in [0, 0.1) is 6.92 Å². The molecule has 0 aromatic heterocycles. The number of anilines is 1. The molecule has 1 fully saturated rings. The van der Waals surface area contributed by atoms with Gasteiger partial charge < -0.3 is 15.4 Å². The van der Waals surface area contributed by atoms with Gasteiger partial charge in [-0.2, -0.15) is 0 Å². The average Bonchev–Trinajstić information content (AvgIpc) is 2.78. The molecule has 2 atom stereocenters. The lowest BCUT2D eigenvalue weighted by atomic mass is 10.2. The monoisotopic (exact) mass is 324 g/mol. The summed E-state index contributed by atoms with van der Waals surface area (Å²) in [6, 6.07) is 6.50. The SMILES string of the molecule is Cc1ccc(NC2CCC(NC(=O)OC(C)(C)C)C2)cc1Cl. The summed E-state index contributed by atoms with van der Waals surface area (Å²) in [5, 5.41) is 7.20. The van der Waals surface area contributed by atoms with Crippen molar-refractivity contribution in [1.29, 1.82) is 0 Å². The van der Waals surface area contributed by atoms with Crippen LogP contribution in [-0.4, -0.2) is 23.8 Å². The van der Waals surface area contributed by atoms with E-state index in [4.69, 9.17) is 16.3 Å². The molecule has 0 aliphatic heterocycles. The first-order valence-electron chi connectivity index (χ1n) is 7.75. The van der Waals surface area contributed by atoms with Gasteiger partial charge in [0.1, 0.15) is 5.60 Å². The highest BCUT2D eigenvalue weighted by Gasteiger charge is 2.27. The van der Waals surface area contributed by atoms with Crippen molar-refractivity contribution in [3.63, 3.8) is 0 Å². The van der Waals surface area contributed by atoms with Crippen LogP contribution in [0.5, 0.6) is 0 Å². The van der Waals surface area contributed by atoms with Gasteiger partial charge in [-0.1, -0.05) is 17.7 Å². The number of amides is 1. The number of carbonyl (C=O) groups is 1. The molecule has 22 heavy (non-hydrogen) atoms. The van der Waals surface area contributed by atoms with Crippen LogP contribution in [-0.2, 0) is 4.74 Å². The molecule has 1 aliphatic carbocycles. The normalized spacial score (nSPS) is 21.5. The lowest BCUT2D eigenvalue weighted by Crippen LogP contribution is -2.38. The highest BCUT2D eigenvalue weighted by atomic mass is 35.5. The van der Waals surface area contributed by atoms with Crippen LogP contribution >= 0.6 is 11.6 Å². The van der Waals surface area contributed by atoms with Crippen LogP contribution in [0.15, 0.2) is 18.2 Å². The van der Waals surface area contributed by atoms with E-state index in [0.29, 0.717) is 6.04 Å². The average molecular weight is 325 g/mol. The first-order valence-corrected chi connectivity index (χ1v) is 8.13. The van der Waals surface area contributed by atoms with Gasteiger partial charge >= 0.3 is 6.09 Å². The minimum Gasteiger partial charge on any atom is -0.444 e. The lowest BCUT2D eigenvalue weighted by molar-refractivity contribution is 0.0505. The molecule has 2 N–H and O–H groups in total. The number of alkyl carbamates (subject to hydrolysis) is 1. The fraction of sp³-hybridized carbons (Fsp3) is 0.588. The maximum Gasteiger partial charge on any atom is 0.407 e. The second-order valence-electron chi connectivity index (χ2n) is 6.96. The second-order valence-corrected chi connectivity index (χ2v) is 7.37. The zero-order chi connectivity index (χ0) is 16.3. The lowest BCUT2D eigenvalue weighted by Gasteiger charge is -2.22. The van der Waals surface area contributed by atoms with E-state index in [-0.39, 0.29) is 12.1 Å². The number of rotatable bonds is 3. The summed E-state index contributed by atoms with van der Waals surface area (Å²) in [5.74, 6) is 0. The van der Waals surface area contributed by atoms with Gasteiger partial charge in [-0.25, -0.2) is 4.79 Å². The quantitative estimate of drug-likeness (QED) is 0.860. The van der Waals surface area contributed by atoms with E-state index in [1.807, 2.05) is 45.9 Å². The van der Waals surface area contributed by atoms with Crippen molar-refractivity contribution in [2.24, 2.45) is 0 Å². The topological polar surface area (TPSA) is 50.4 Å². The number of ether oxygens (including phenoxy) is 1. The first-order chi connectivity index (χ1) is 10.2. The number of hydrogen-bond acceptors (Lipinski definition) is 3. The Labute approximate surface area is 137 Å². The van der Waals surface area contributed by atoms with Crippen LogP contribution in [0.1, 0.15) is 45.6 Å². The fourth-order valence-corrected chi connectivity index (χ4v) is 2.82. The van der Waals surface area contributed by atoms with Crippen molar-refractivity contribution in [2.45, 2.75) is 64.6 Å². The summed E-state index contributed by atoms with van der Waals surface area (Å²) in [4.78, 5) is 11.8. The highest BCUT2D eigenvalue weighted by molar-refractivity contribution is 6.31. The van der Waals surface area contributed by atoms with Crippen LogP contribution in [0.2, 0.25) is 5.02 Å². The number of benzene rings is 1. The molecule has 1 aromatic carbocycles. The predicted molar refractivity (Wildman–Crippen MR) is 90.6 cm³/mol. The molecular formula is C17H25ClN2O2. The Balaban J connectivity index is 1.82. The Hall–Kier alpha value is -1.42. The Kier molecular flexibility index (Phi) is 5.22. The van der Waals surface area contributed by atoms with E-state index in [1.54, 1.807) is 0 Å². The standard InChI is InChI=1S/C17H25ClN2O2/c1-11-5-6-14(10-15(11)18)19-12-7-8-13(9-12)20-16(21)22-17(2,3)4/h5-6,10,12-13,19H,7-9H2,1-4H3,(H,20,21). The summed E-state index contributed by atoms with van der Waals surface area (Å²) in [7, 11) is 0. The smallest absolute Gasteiger partial charge is 0.407 e. The predicted octanol–water partition coefficient (Wildman–Crippen LogP) is 4.51. The Bertz CT molecular complexity index is 540. The summed E-state index contributed by atoms with van der Waals surface area (Å²) in [5.41, 5.74) is 1.64. The van der Waals surface area contributed by atoms with Crippen molar-refractivity contribution < 1.29 is 9.53 Å². The van der Waals surface area contributed by atoms with Crippen molar-refractivity contribution in [1.82, 2.24) is 5.32 Å². The fourth-order valence-electron chi connectivity index (χ4n) is 2.64. The van der Waals surface area contributed by atoms with E-state index in [9.17, 15) is 4.79 Å². The zero-order valence-corrected chi connectivity index (χ0v) is 14.5. The van der Waals surface area contributed by atoms with Gasteiger partial charge in [-0.3, -0.25) is 0 Å². The molecule has 5 heteroatoms. The van der Waals surface area contributed by atoms with Crippen LogP contribution in [0.4, 0.5) is 10.5 Å². The minimum atomic E-state index is -0.459. The van der Waals surface area contributed by atoms with Gasteiger partial charge in [0.15, 0.2) is 0 Å². The van der Waals surface area contributed by atoms with Crippen molar-refractivity contribution in [2.75, 3.05) is 5.32 Å². The van der Waals surface area contributed by atoms with E-state index < -0.39 is 5.60 Å². The third-order valence-electron chi connectivity index (χ3n) is 3.70. The van der Waals surface area contributed by atoms with Gasteiger partial charge in [0.05, 0.1) is 0 Å². The minimum absolute atomic E-state index is 0.160. The van der Waals surface area contributed by atoms with E-state index >= 15 is 0 Å². The molecule has 1 aliphatic rings.